The van der Waals surface area contributed by atoms with Gasteiger partial charge in [-0.05, 0) is 156 Å². The predicted octanol–water partition coefficient (Wildman–Crippen LogP) is 5.20. The molecule has 0 saturated heterocycles. The molecule has 11 nitrogen and oxygen atoms in total. The minimum absolute atomic E-state index is 0.0226. The number of allylic oxidation sites excluding steroid dienone is 9. The van der Waals surface area contributed by atoms with Crippen LogP contribution in [-0.2, 0) is 27.1 Å². The van der Waals surface area contributed by atoms with Gasteiger partial charge >= 0.3 is 0 Å². The van der Waals surface area contributed by atoms with Crippen LogP contribution >= 0.6 is 0 Å². The normalized spacial score (nSPS) is 35.3. The summed E-state index contributed by atoms with van der Waals surface area (Å²) in [5.41, 5.74) is 3.58. The number of ether oxygens (including phenoxy) is 2. The molecule has 1 aromatic rings. The molecule has 63 heavy (non-hydrogen) atoms. The van der Waals surface area contributed by atoms with Crippen molar-refractivity contribution < 1.29 is 44.9 Å². The fourth-order valence-electron chi connectivity index (χ4n) is 12.3. The standard InChI is InChI=1S/C52H76N2O9/c1-35(40-15-14-36(2)48(60)54-49(3,23-26-62-5)29-38-11-7-10-37(27-38)28-40)9-6-12-42(32-63-33-43(58)31-57)44-17-21-52(47(44)59)46-39(18-25-55)16-20-50(34-51(52,61)22-24-53-4)19-8-13-41(30-56)45(46)50/h6-7,9-12,14,16,20,27,30,39-40,43-44,46-48,53-55,57-61H,1,8,13,15,17-19,21-26,28-29,31-34H2,2-5H3. The quantitative estimate of drug-likeness (QED) is 0.0552. The molecular weight excluding hydrogens is 797 g/mol. The molecule has 1 aliphatic heterocycles. The smallest absolute Gasteiger partial charge is 0.146 e. The van der Waals surface area contributed by atoms with Crippen molar-refractivity contribution in [3.8, 4) is 0 Å². The average Bonchev–Trinajstić information content (AvgIpc) is 3.61. The molecule has 11 unspecified atom stereocenters. The lowest BCUT2D eigenvalue weighted by atomic mass is 9.40. The largest absolute Gasteiger partial charge is 0.396 e. The number of aliphatic hydroxyl groups excluding tert-OH is 5. The van der Waals surface area contributed by atoms with E-state index in [9.17, 15) is 35.4 Å². The van der Waals surface area contributed by atoms with E-state index in [1.165, 1.54) is 11.1 Å². The lowest BCUT2D eigenvalue weighted by molar-refractivity contribution is -0.207. The Hall–Kier alpha value is -3.07. The van der Waals surface area contributed by atoms with Crippen LogP contribution in [0.4, 0.5) is 0 Å². The van der Waals surface area contributed by atoms with Gasteiger partial charge < -0.3 is 45.4 Å². The third-order valence-corrected chi connectivity index (χ3v) is 15.5. The first-order valence-electron chi connectivity index (χ1n) is 23.4. The molecule has 2 fully saturated rings. The number of hydrogen-bond donors (Lipinski definition) is 8. The Kier molecular flexibility index (Phi) is 16.8. The molecule has 1 spiro atoms. The molecule has 6 rings (SSSR count). The van der Waals surface area contributed by atoms with Gasteiger partial charge in [0, 0.05) is 42.6 Å². The van der Waals surface area contributed by atoms with Crippen LogP contribution < -0.4 is 10.6 Å². The summed E-state index contributed by atoms with van der Waals surface area (Å²) in [6, 6.07) is 8.62. The SMILES string of the molecule is C=C(C=CC=C(COCC(O)CO)C1CCC2(C1O)C1C3=C(C=O)CCCC3(C=CC1CCO)CC2(O)CCNC)C1CC=C(C)C(O)NC(C)(CCOC)Cc2cccc(c2)C1. The molecule has 1 heterocycles. The van der Waals surface area contributed by atoms with Gasteiger partial charge in [0.25, 0.3) is 0 Å². The fourth-order valence-corrected chi connectivity index (χ4v) is 12.3. The molecule has 1 aromatic carbocycles. The maximum Gasteiger partial charge on any atom is 0.146 e. The van der Waals surface area contributed by atoms with Crippen LogP contribution in [0.5, 0.6) is 0 Å². The molecule has 0 radical (unpaired) electrons. The number of methoxy groups -OCH3 is 1. The van der Waals surface area contributed by atoms with E-state index >= 15 is 0 Å². The second-order valence-electron chi connectivity index (χ2n) is 19.7. The Balaban J connectivity index is 1.35. The van der Waals surface area contributed by atoms with Gasteiger partial charge in [0.05, 0.1) is 31.5 Å². The number of fused-ring (bicyclic) bond motifs is 3. The summed E-state index contributed by atoms with van der Waals surface area (Å²) in [6.07, 6.45) is 18.1. The summed E-state index contributed by atoms with van der Waals surface area (Å²) in [4.78, 5) is 12.8. The molecule has 5 aliphatic rings. The molecule has 348 valence electrons. The number of rotatable bonds is 18. The van der Waals surface area contributed by atoms with Crippen LogP contribution in [0.15, 0.2) is 95.2 Å². The van der Waals surface area contributed by atoms with Crippen molar-refractivity contribution in [2.45, 2.75) is 120 Å². The number of carbonyl (C=O) groups is 1. The molecule has 0 aromatic heterocycles. The van der Waals surface area contributed by atoms with Crippen LogP contribution in [0.3, 0.4) is 0 Å². The number of nitrogens with one attached hydrogen (secondary N) is 2. The van der Waals surface area contributed by atoms with Crippen molar-refractivity contribution in [3.63, 3.8) is 0 Å². The van der Waals surface area contributed by atoms with Crippen molar-refractivity contribution >= 4 is 6.29 Å². The Morgan fingerprint density at radius 2 is 1.95 bits per heavy atom. The van der Waals surface area contributed by atoms with E-state index in [-0.39, 0.29) is 43.1 Å². The third kappa shape index (κ3) is 10.5. The van der Waals surface area contributed by atoms with E-state index in [2.05, 4.69) is 66.6 Å². The highest BCUT2D eigenvalue weighted by Gasteiger charge is 2.71. The Morgan fingerprint density at radius 3 is 2.68 bits per heavy atom. The van der Waals surface area contributed by atoms with Gasteiger partial charge in [-0.1, -0.05) is 72.9 Å². The number of aliphatic hydroxyl groups is 6. The van der Waals surface area contributed by atoms with Crippen molar-refractivity contribution in [2.75, 3.05) is 53.7 Å². The summed E-state index contributed by atoms with van der Waals surface area (Å²) in [7, 11) is 3.56. The second-order valence-corrected chi connectivity index (χ2v) is 19.7. The monoisotopic (exact) mass is 873 g/mol. The van der Waals surface area contributed by atoms with Gasteiger partial charge in [0.15, 0.2) is 0 Å². The number of carbonyl (C=O) groups excluding carboxylic acids is 1. The summed E-state index contributed by atoms with van der Waals surface area (Å²) >= 11 is 0. The minimum atomic E-state index is -1.28. The number of aldehydes is 1. The van der Waals surface area contributed by atoms with Crippen LogP contribution in [0.25, 0.3) is 0 Å². The topological polar surface area (TPSA) is 181 Å². The van der Waals surface area contributed by atoms with E-state index in [0.29, 0.717) is 58.1 Å². The fraction of sp³-hybridized carbons (Fsp3) is 0.635. The highest BCUT2D eigenvalue weighted by molar-refractivity contribution is 5.77. The van der Waals surface area contributed by atoms with E-state index < -0.39 is 47.4 Å². The molecule has 2 saturated carbocycles. The van der Waals surface area contributed by atoms with Crippen LogP contribution in [0.2, 0.25) is 0 Å². The van der Waals surface area contributed by atoms with E-state index in [1.807, 2.05) is 32.2 Å². The van der Waals surface area contributed by atoms with E-state index in [0.717, 1.165) is 66.3 Å². The van der Waals surface area contributed by atoms with Crippen LogP contribution in [-0.4, -0.2) is 120 Å². The molecule has 0 amide bonds. The zero-order valence-corrected chi connectivity index (χ0v) is 38.2. The summed E-state index contributed by atoms with van der Waals surface area (Å²) in [6.45, 7) is 9.24. The molecule has 11 heteroatoms. The molecule has 11 atom stereocenters. The van der Waals surface area contributed by atoms with Crippen molar-refractivity contribution in [3.05, 3.63) is 106 Å². The summed E-state index contributed by atoms with van der Waals surface area (Å²) in [5, 5.41) is 74.5. The molecular formula is C52H76N2O9. The highest BCUT2D eigenvalue weighted by Crippen LogP contribution is 2.72. The Labute approximate surface area is 375 Å². The maximum atomic E-state index is 13.3. The van der Waals surface area contributed by atoms with Crippen LogP contribution in [0.1, 0.15) is 89.2 Å². The Morgan fingerprint density at radius 1 is 1.16 bits per heavy atom. The number of benzene rings is 1. The van der Waals surface area contributed by atoms with Gasteiger partial charge in [-0.15, -0.1) is 0 Å². The first-order chi connectivity index (χ1) is 30.2. The molecule has 8 N–H and O–H groups in total. The molecule has 4 bridgehead atoms. The maximum absolute atomic E-state index is 13.3. The molecule has 4 aliphatic carbocycles. The van der Waals surface area contributed by atoms with Crippen LogP contribution in [0, 0.1) is 34.5 Å². The zero-order chi connectivity index (χ0) is 45.4. The van der Waals surface area contributed by atoms with Gasteiger partial charge in [0.2, 0.25) is 0 Å². The second kappa shape index (κ2) is 21.5. The number of hydrogen-bond acceptors (Lipinski definition) is 11. The first kappa shape index (κ1) is 49.4. The van der Waals surface area contributed by atoms with Gasteiger partial charge in [0.1, 0.15) is 18.6 Å². The van der Waals surface area contributed by atoms with Crippen molar-refractivity contribution in [1.82, 2.24) is 10.6 Å². The van der Waals surface area contributed by atoms with E-state index in [1.54, 1.807) is 7.11 Å². The van der Waals surface area contributed by atoms with Crippen molar-refractivity contribution in [2.24, 2.45) is 34.5 Å². The minimum Gasteiger partial charge on any atom is -0.396 e. The lowest BCUT2D eigenvalue weighted by Crippen LogP contribution is -2.67. The van der Waals surface area contributed by atoms with E-state index in [4.69, 9.17) is 9.47 Å². The predicted molar refractivity (Wildman–Crippen MR) is 247 cm³/mol. The summed E-state index contributed by atoms with van der Waals surface area (Å²) < 4.78 is 11.5. The Bertz CT molecular complexity index is 1910. The summed E-state index contributed by atoms with van der Waals surface area (Å²) in [5.74, 6) is -0.919. The first-order valence-corrected chi connectivity index (χ1v) is 23.4. The zero-order valence-electron chi connectivity index (χ0n) is 38.2. The van der Waals surface area contributed by atoms with Gasteiger partial charge in [-0.3, -0.25) is 10.1 Å². The van der Waals surface area contributed by atoms with Gasteiger partial charge in [-0.2, -0.15) is 0 Å². The average molecular weight is 873 g/mol. The van der Waals surface area contributed by atoms with Gasteiger partial charge in [-0.25, -0.2) is 0 Å². The lowest BCUT2D eigenvalue weighted by Gasteiger charge is -2.66. The van der Waals surface area contributed by atoms with Crippen molar-refractivity contribution in [1.29, 1.82) is 0 Å². The highest BCUT2D eigenvalue weighted by atomic mass is 16.5. The third-order valence-electron chi connectivity index (χ3n) is 15.5.